The Kier molecular flexibility index (Phi) is 3.85. The summed E-state index contributed by atoms with van der Waals surface area (Å²) in [5.41, 5.74) is 0. The summed E-state index contributed by atoms with van der Waals surface area (Å²) < 4.78 is 0. The third-order valence-corrected chi connectivity index (χ3v) is 4.69. The fraction of sp³-hybridized carbons (Fsp3) is 0.929. The van der Waals surface area contributed by atoms with Gasteiger partial charge in [0.25, 0.3) is 0 Å². The van der Waals surface area contributed by atoms with Crippen LogP contribution in [-0.2, 0) is 4.79 Å². The van der Waals surface area contributed by atoms with Gasteiger partial charge in [0.15, 0.2) is 0 Å². The molecule has 3 rings (SSSR count). The summed E-state index contributed by atoms with van der Waals surface area (Å²) in [6.45, 7) is 7.55. The van der Waals surface area contributed by atoms with Crippen molar-refractivity contribution in [3.63, 3.8) is 0 Å². The third-order valence-electron chi connectivity index (χ3n) is 4.69. The third kappa shape index (κ3) is 2.69. The fourth-order valence-electron chi connectivity index (χ4n) is 3.41. The molecule has 3 aliphatic heterocycles. The van der Waals surface area contributed by atoms with Gasteiger partial charge >= 0.3 is 0 Å². The largest absolute Gasteiger partial charge is 0.342 e. The van der Waals surface area contributed by atoms with Gasteiger partial charge in [0.05, 0.1) is 5.92 Å². The lowest BCUT2D eigenvalue weighted by molar-refractivity contribution is -0.136. The zero-order chi connectivity index (χ0) is 12.4. The van der Waals surface area contributed by atoms with Gasteiger partial charge in [-0.3, -0.25) is 4.79 Å². The number of hydrogen-bond donors (Lipinski definition) is 1. The van der Waals surface area contributed by atoms with E-state index < -0.39 is 0 Å². The van der Waals surface area contributed by atoms with Crippen LogP contribution in [0.2, 0.25) is 0 Å². The summed E-state index contributed by atoms with van der Waals surface area (Å²) in [6, 6.07) is 0. The molecule has 1 amide bonds. The van der Waals surface area contributed by atoms with Crippen molar-refractivity contribution in [2.24, 2.45) is 11.8 Å². The Morgan fingerprint density at radius 3 is 2.56 bits per heavy atom. The Hall–Kier alpha value is -0.610. The number of piperidine rings is 1. The van der Waals surface area contributed by atoms with Crippen LogP contribution in [-0.4, -0.2) is 61.5 Å². The van der Waals surface area contributed by atoms with Crippen molar-refractivity contribution >= 4 is 5.91 Å². The van der Waals surface area contributed by atoms with Crippen LogP contribution >= 0.6 is 0 Å². The molecule has 4 heteroatoms. The van der Waals surface area contributed by atoms with Crippen molar-refractivity contribution in [1.29, 1.82) is 0 Å². The summed E-state index contributed by atoms with van der Waals surface area (Å²) in [5, 5.41) is 3.19. The molecule has 3 aliphatic rings. The van der Waals surface area contributed by atoms with Crippen LogP contribution in [0.15, 0.2) is 0 Å². The van der Waals surface area contributed by atoms with Crippen molar-refractivity contribution in [2.75, 3.05) is 45.8 Å². The predicted molar refractivity (Wildman–Crippen MR) is 71.3 cm³/mol. The van der Waals surface area contributed by atoms with Crippen molar-refractivity contribution in [3.05, 3.63) is 0 Å². The molecule has 4 nitrogen and oxygen atoms in total. The summed E-state index contributed by atoms with van der Waals surface area (Å²) in [7, 11) is 0. The zero-order valence-corrected chi connectivity index (χ0v) is 11.2. The lowest BCUT2D eigenvalue weighted by Crippen LogP contribution is -2.51. The van der Waals surface area contributed by atoms with Gasteiger partial charge in [0.2, 0.25) is 5.91 Å². The molecule has 0 aliphatic carbocycles. The van der Waals surface area contributed by atoms with E-state index in [1.807, 2.05) is 0 Å². The van der Waals surface area contributed by atoms with E-state index >= 15 is 0 Å². The monoisotopic (exact) mass is 251 g/mol. The zero-order valence-electron chi connectivity index (χ0n) is 11.2. The maximum absolute atomic E-state index is 12.1. The van der Waals surface area contributed by atoms with Crippen LogP contribution in [0.4, 0.5) is 0 Å². The number of likely N-dealkylation sites (tertiary alicyclic amines) is 2. The molecule has 0 aromatic heterocycles. The van der Waals surface area contributed by atoms with Gasteiger partial charge in [-0.25, -0.2) is 0 Å². The first-order chi connectivity index (χ1) is 8.83. The van der Waals surface area contributed by atoms with Crippen molar-refractivity contribution in [1.82, 2.24) is 15.1 Å². The molecule has 0 bridgehead atoms. The predicted octanol–water partition coefficient (Wildman–Crippen LogP) is 0.540. The molecule has 3 fully saturated rings. The van der Waals surface area contributed by atoms with Crippen molar-refractivity contribution in [2.45, 2.75) is 25.7 Å². The van der Waals surface area contributed by atoms with Gasteiger partial charge in [0, 0.05) is 32.7 Å². The molecule has 1 unspecified atom stereocenters. The smallest absolute Gasteiger partial charge is 0.228 e. The minimum Gasteiger partial charge on any atom is -0.342 e. The first kappa shape index (κ1) is 12.4. The lowest BCUT2D eigenvalue weighted by atomic mass is 10.0. The molecule has 3 saturated heterocycles. The van der Waals surface area contributed by atoms with Crippen LogP contribution < -0.4 is 5.32 Å². The minimum atomic E-state index is 0.277. The molecule has 3 heterocycles. The van der Waals surface area contributed by atoms with Crippen molar-refractivity contribution in [3.8, 4) is 0 Å². The van der Waals surface area contributed by atoms with Gasteiger partial charge < -0.3 is 15.1 Å². The highest BCUT2D eigenvalue weighted by molar-refractivity contribution is 5.80. The Morgan fingerprint density at radius 2 is 1.89 bits per heavy atom. The summed E-state index contributed by atoms with van der Waals surface area (Å²) in [4.78, 5) is 16.9. The molecule has 0 aromatic carbocycles. The second kappa shape index (κ2) is 5.57. The number of rotatable bonds is 3. The van der Waals surface area contributed by atoms with Gasteiger partial charge in [-0.1, -0.05) is 6.42 Å². The number of nitrogens with one attached hydrogen (secondary N) is 1. The molecule has 0 radical (unpaired) electrons. The van der Waals surface area contributed by atoms with E-state index in [1.54, 1.807) is 0 Å². The second-order valence-electron chi connectivity index (χ2n) is 6.16. The first-order valence-electron chi connectivity index (χ1n) is 7.55. The highest BCUT2D eigenvalue weighted by Crippen LogP contribution is 2.22. The van der Waals surface area contributed by atoms with Gasteiger partial charge in [-0.05, 0) is 38.3 Å². The molecular weight excluding hydrogens is 226 g/mol. The normalized spacial score (nSPS) is 30.4. The molecule has 102 valence electrons. The van der Waals surface area contributed by atoms with E-state index in [1.165, 1.54) is 45.3 Å². The quantitative estimate of drug-likeness (QED) is 0.795. The molecular formula is C14H25N3O. The van der Waals surface area contributed by atoms with Gasteiger partial charge in [0.1, 0.15) is 0 Å². The highest BCUT2D eigenvalue weighted by atomic mass is 16.2. The Morgan fingerprint density at radius 1 is 1.11 bits per heavy atom. The Balaban J connectivity index is 1.44. The lowest BCUT2D eigenvalue weighted by Gasteiger charge is -2.31. The van der Waals surface area contributed by atoms with E-state index in [0.29, 0.717) is 5.91 Å². The average Bonchev–Trinajstić information content (AvgIpc) is 2.76. The number of hydrogen-bond acceptors (Lipinski definition) is 3. The Labute approximate surface area is 110 Å². The van der Waals surface area contributed by atoms with Crippen LogP contribution in [0.25, 0.3) is 0 Å². The number of nitrogens with zero attached hydrogens (tertiary/aromatic N) is 2. The Bertz CT molecular complexity index is 297. The second-order valence-corrected chi connectivity index (χ2v) is 6.16. The number of amides is 1. The van der Waals surface area contributed by atoms with E-state index in [9.17, 15) is 4.79 Å². The molecule has 18 heavy (non-hydrogen) atoms. The SMILES string of the molecule is O=C(C1CNC1)N1CCC(CN2CCCCC2)C1. The van der Waals surface area contributed by atoms with Crippen LogP contribution in [0.3, 0.4) is 0 Å². The van der Waals surface area contributed by atoms with Gasteiger partial charge in [-0.15, -0.1) is 0 Å². The van der Waals surface area contributed by atoms with Crippen LogP contribution in [0.5, 0.6) is 0 Å². The maximum Gasteiger partial charge on any atom is 0.228 e. The number of carbonyl (C=O) groups excluding carboxylic acids is 1. The minimum absolute atomic E-state index is 0.277. The summed E-state index contributed by atoms with van der Waals surface area (Å²) in [5.74, 6) is 1.40. The van der Waals surface area contributed by atoms with E-state index in [-0.39, 0.29) is 5.92 Å². The molecule has 1 atom stereocenters. The summed E-state index contributed by atoms with van der Waals surface area (Å²) in [6.07, 6.45) is 5.34. The van der Waals surface area contributed by atoms with Crippen LogP contribution in [0.1, 0.15) is 25.7 Å². The average molecular weight is 251 g/mol. The van der Waals surface area contributed by atoms with E-state index in [4.69, 9.17) is 0 Å². The van der Waals surface area contributed by atoms with Crippen LogP contribution in [0, 0.1) is 11.8 Å². The van der Waals surface area contributed by atoms with Crippen molar-refractivity contribution < 1.29 is 4.79 Å². The van der Waals surface area contributed by atoms with E-state index in [0.717, 1.165) is 32.1 Å². The topological polar surface area (TPSA) is 35.6 Å². The standard InChI is InChI=1S/C14H25N3O/c18-14(13-8-15-9-13)17-7-4-12(11-17)10-16-5-2-1-3-6-16/h12-13,15H,1-11H2. The number of carbonyl (C=O) groups is 1. The molecule has 0 aromatic rings. The molecule has 0 saturated carbocycles. The first-order valence-corrected chi connectivity index (χ1v) is 7.55. The summed E-state index contributed by atoms with van der Waals surface area (Å²) >= 11 is 0. The van der Waals surface area contributed by atoms with E-state index in [2.05, 4.69) is 15.1 Å². The maximum atomic E-state index is 12.1. The molecule has 0 spiro atoms. The fourth-order valence-corrected chi connectivity index (χ4v) is 3.41. The highest BCUT2D eigenvalue weighted by Gasteiger charge is 2.34. The molecule has 1 N–H and O–H groups in total. The van der Waals surface area contributed by atoms with Gasteiger partial charge in [-0.2, -0.15) is 0 Å².